The van der Waals surface area contributed by atoms with Gasteiger partial charge in [-0.2, -0.15) is 0 Å². The van der Waals surface area contributed by atoms with Gasteiger partial charge in [0.05, 0.1) is 0 Å². The van der Waals surface area contributed by atoms with Crippen LogP contribution in [0.4, 0.5) is 0 Å². The molecule has 0 spiro atoms. The highest BCUT2D eigenvalue weighted by molar-refractivity contribution is 6.30. The molecule has 1 aliphatic heterocycles. The second-order valence-corrected chi connectivity index (χ2v) is 5.23. The number of aliphatic carboxylic acids is 1. The Hall–Kier alpha value is -1.06. The fraction of sp³-hybridized carbons (Fsp3) is 0.500. The van der Waals surface area contributed by atoms with E-state index in [1.54, 1.807) is 0 Å². The third-order valence-corrected chi connectivity index (χ3v) is 3.93. The standard InChI is InChI=1S/C14H18ClNO2/c1-2-13(14(17)18)16-8-7-11(9-16)10-3-5-12(15)6-4-10/h3-6,11,13H,2,7-9H2,1H3,(H,17,18)/t11-,13-/m1/s1. The normalized spacial score (nSPS) is 22.0. The van der Waals surface area contributed by atoms with E-state index in [2.05, 4.69) is 4.90 Å². The summed E-state index contributed by atoms with van der Waals surface area (Å²) in [6.07, 6.45) is 1.67. The van der Waals surface area contributed by atoms with Gasteiger partial charge in [0.2, 0.25) is 0 Å². The molecule has 0 aliphatic carbocycles. The Labute approximate surface area is 112 Å². The van der Waals surface area contributed by atoms with Crippen molar-refractivity contribution in [1.29, 1.82) is 0 Å². The van der Waals surface area contributed by atoms with E-state index in [4.69, 9.17) is 16.7 Å². The summed E-state index contributed by atoms with van der Waals surface area (Å²) in [5.41, 5.74) is 1.25. The van der Waals surface area contributed by atoms with E-state index in [9.17, 15) is 4.79 Å². The summed E-state index contributed by atoms with van der Waals surface area (Å²) in [6.45, 7) is 3.61. The van der Waals surface area contributed by atoms with E-state index >= 15 is 0 Å². The van der Waals surface area contributed by atoms with Crippen LogP contribution in [0.2, 0.25) is 5.02 Å². The molecule has 0 amide bonds. The zero-order valence-corrected chi connectivity index (χ0v) is 11.2. The molecule has 1 aromatic rings. The smallest absolute Gasteiger partial charge is 0.320 e. The van der Waals surface area contributed by atoms with Gasteiger partial charge in [-0.1, -0.05) is 30.7 Å². The van der Waals surface area contributed by atoms with Crippen LogP contribution in [0.5, 0.6) is 0 Å². The van der Waals surface area contributed by atoms with Crippen LogP contribution in [0.1, 0.15) is 31.2 Å². The molecule has 0 radical (unpaired) electrons. The lowest BCUT2D eigenvalue weighted by molar-refractivity contribution is -0.143. The summed E-state index contributed by atoms with van der Waals surface area (Å²) >= 11 is 5.87. The van der Waals surface area contributed by atoms with Crippen molar-refractivity contribution in [2.75, 3.05) is 13.1 Å². The Bertz CT molecular complexity index is 418. The van der Waals surface area contributed by atoms with Crippen LogP contribution in [0.15, 0.2) is 24.3 Å². The van der Waals surface area contributed by atoms with Gasteiger partial charge in [-0.15, -0.1) is 0 Å². The monoisotopic (exact) mass is 267 g/mol. The van der Waals surface area contributed by atoms with Crippen LogP contribution in [-0.2, 0) is 4.79 Å². The molecule has 0 unspecified atom stereocenters. The average molecular weight is 268 g/mol. The van der Waals surface area contributed by atoms with Crippen LogP contribution in [-0.4, -0.2) is 35.1 Å². The number of halogens is 1. The maximum atomic E-state index is 11.1. The van der Waals surface area contributed by atoms with Crippen LogP contribution in [0.3, 0.4) is 0 Å². The predicted octanol–water partition coefficient (Wildman–Crippen LogP) is 2.99. The lowest BCUT2D eigenvalue weighted by Gasteiger charge is -2.23. The first-order valence-electron chi connectivity index (χ1n) is 6.34. The van der Waals surface area contributed by atoms with Gasteiger partial charge < -0.3 is 5.11 Å². The number of carboxylic acids is 1. The summed E-state index contributed by atoms with van der Waals surface area (Å²) in [7, 11) is 0. The van der Waals surface area contributed by atoms with E-state index < -0.39 is 5.97 Å². The molecular weight excluding hydrogens is 250 g/mol. The van der Waals surface area contributed by atoms with Crippen molar-refractivity contribution in [3.05, 3.63) is 34.9 Å². The molecule has 1 heterocycles. The summed E-state index contributed by atoms with van der Waals surface area (Å²) in [5.74, 6) is -0.287. The van der Waals surface area contributed by atoms with Gasteiger partial charge >= 0.3 is 5.97 Å². The highest BCUT2D eigenvalue weighted by Gasteiger charge is 2.31. The van der Waals surface area contributed by atoms with E-state index in [0.29, 0.717) is 12.3 Å². The van der Waals surface area contributed by atoms with Gasteiger partial charge in [0, 0.05) is 11.6 Å². The second-order valence-electron chi connectivity index (χ2n) is 4.79. The number of hydrogen-bond acceptors (Lipinski definition) is 2. The van der Waals surface area contributed by atoms with E-state index in [-0.39, 0.29) is 6.04 Å². The number of carbonyl (C=O) groups is 1. The maximum Gasteiger partial charge on any atom is 0.320 e. The molecule has 3 nitrogen and oxygen atoms in total. The Morgan fingerprint density at radius 2 is 2.17 bits per heavy atom. The summed E-state index contributed by atoms with van der Waals surface area (Å²) in [4.78, 5) is 13.2. The van der Waals surface area contributed by atoms with Crippen molar-refractivity contribution < 1.29 is 9.90 Å². The van der Waals surface area contributed by atoms with E-state index in [1.165, 1.54) is 5.56 Å². The van der Waals surface area contributed by atoms with E-state index in [1.807, 2.05) is 31.2 Å². The SMILES string of the molecule is CC[C@H](C(=O)O)N1CC[C@@H](c2ccc(Cl)cc2)C1. The first kappa shape index (κ1) is 13.4. The number of carboxylic acid groups (broad SMARTS) is 1. The Morgan fingerprint density at radius 1 is 1.50 bits per heavy atom. The number of benzene rings is 1. The summed E-state index contributed by atoms with van der Waals surface area (Å²) < 4.78 is 0. The minimum atomic E-state index is -0.714. The van der Waals surface area contributed by atoms with Gasteiger partial charge in [-0.3, -0.25) is 9.69 Å². The van der Waals surface area contributed by atoms with Crippen molar-refractivity contribution in [3.8, 4) is 0 Å². The molecule has 0 aromatic heterocycles. The molecule has 98 valence electrons. The molecule has 2 rings (SSSR count). The molecule has 1 N–H and O–H groups in total. The quantitative estimate of drug-likeness (QED) is 0.912. The third-order valence-electron chi connectivity index (χ3n) is 3.67. The van der Waals surface area contributed by atoms with Crippen molar-refractivity contribution >= 4 is 17.6 Å². The zero-order chi connectivity index (χ0) is 13.1. The fourth-order valence-corrected chi connectivity index (χ4v) is 2.79. The van der Waals surface area contributed by atoms with Crippen molar-refractivity contribution in [1.82, 2.24) is 4.90 Å². The largest absolute Gasteiger partial charge is 0.480 e. The highest BCUT2D eigenvalue weighted by Crippen LogP contribution is 2.29. The summed E-state index contributed by atoms with van der Waals surface area (Å²) in [5, 5.41) is 9.91. The molecule has 2 atom stereocenters. The Kier molecular flexibility index (Phi) is 4.25. The number of nitrogens with zero attached hydrogens (tertiary/aromatic N) is 1. The average Bonchev–Trinajstić information content (AvgIpc) is 2.80. The zero-order valence-electron chi connectivity index (χ0n) is 10.5. The van der Waals surface area contributed by atoms with Gasteiger partial charge in [-0.25, -0.2) is 0 Å². The van der Waals surface area contributed by atoms with Crippen LogP contribution < -0.4 is 0 Å². The number of hydrogen-bond donors (Lipinski definition) is 1. The van der Waals surface area contributed by atoms with Crippen molar-refractivity contribution in [3.63, 3.8) is 0 Å². The molecule has 18 heavy (non-hydrogen) atoms. The van der Waals surface area contributed by atoms with Gasteiger partial charge in [0.25, 0.3) is 0 Å². The molecule has 0 bridgehead atoms. The first-order valence-corrected chi connectivity index (χ1v) is 6.72. The Morgan fingerprint density at radius 3 is 2.72 bits per heavy atom. The van der Waals surface area contributed by atoms with Gasteiger partial charge in [-0.05, 0) is 43.0 Å². The lowest BCUT2D eigenvalue weighted by Crippen LogP contribution is -2.39. The summed E-state index contributed by atoms with van der Waals surface area (Å²) in [6, 6.07) is 7.53. The number of likely N-dealkylation sites (tertiary alicyclic amines) is 1. The van der Waals surface area contributed by atoms with Crippen molar-refractivity contribution in [2.24, 2.45) is 0 Å². The molecule has 1 saturated heterocycles. The maximum absolute atomic E-state index is 11.1. The molecule has 4 heteroatoms. The predicted molar refractivity (Wildman–Crippen MR) is 72.1 cm³/mol. The lowest BCUT2D eigenvalue weighted by atomic mass is 9.99. The van der Waals surface area contributed by atoms with Gasteiger partial charge in [0.1, 0.15) is 6.04 Å². The van der Waals surface area contributed by atoms with Gasteiger partial charge in [0.15, 0.2) is 0 Å². The molecule has 0 saturated carbocycles. The fourth-order valence-electron chi connectivity index (χ4n) is 2.67. The Balaban J connectivity index is 2.04. The first-order chi connectivity index (χ1) is 8.61. The highest BCUT2D eigenvalue weighted by atomic mass is 35.5. The number of rotatable bonds is 4. The topological polar surface area (TPSA) is 40.5 Å². The molecular formula is C14H18ClNO2. The molecule has 1 aliphatic rings. The van der Waals surface area contributed by atoms with Crippen LogP contribution in [0.25, 0.3) is 0 Å². The second kappa shape index (κ2) is 5.72. The van der Waals surface area contributed by atoms with Crippen LogP contribution >= 0.6 is 11.6 Å². The minimum absolute atomic E-state index is 0.345. The minimum Gasteiger partial charge on any atom is -0.480 e. The van der Waals surface area contributed by atoms with E-state index in [0.717, 1.165) is 24.5 Å². The van der Waals surface area contributed by atoms with Crippen molar-refractivity contribution in [2.45, 2.75) is 31.7 Å². The third kappa shape index (κ3) is 2.85. The van der Waals surface area contributed by atoms with Crippen LogP contribution in [0, 0.1) is 0 Å². The molecule has 1 fully saturated rings. The molecule has 1 aromatic carbocycles.